The average molecular weight is 435 g/mol. The van der Waals surface area contributed by atoms with E-state index in [1.54, 1.807) is 42.5 Å². The SMILES string of the molecule is COc1ccccc1C1/C(=C(\O)c2ccc3ccccc3c2)C(=O)C(=O)N1c1ccccc1. The van der Waals surface area contributed by atoms with E-state index in [0.29, 0.717) is 22.6 Å². The molecule has 5 heteroatoms. The molecule has 4 aromatic rings. The highest BCUT2D eigenvalue weighted by molar-refractivity contribution is 6.51. The molecule has 0 saturated carbocycles. The number of rotatable bonds is 4. The highest BCUT2D eigenvalue weighted by Crippen LogP contribution is 2.44. The van der Waals surface area contributed by atoms with Crippen LogP contribution in [0.2, 0.25) is 0 Å². The monoisotopic (exact) mass is 435 g/mol. The van der Waals surface area contributed by atoms with E-state index in [1.807, 2.05) is 54.6 Å². The Morgan fingerprint density at radius 1 is 0.818 bits per heavy atom. The van der Waals surface area contributed by atoms with Crippen molar-refractivity contribution in [3.63, 3.8) is 0 Å². The van der Waals surface area contributed by atoms with Crippen molar-refractivity contribution in [1.29, 1.82) is 0 Å². The number of methoxy groups -OCH3 is 1. The molecule has 1 unspecified atom stereocenters. The molecule has 0 bridgehead atoms. The number of aliphatic hydroxyl groups is 1. The van der Waals surface area contributed by atoms with E-state index in [0.717, 1.165) is 10.8 Å². The lowest BCUT2D eigenvalue weighted by atomic mass is 9.93. The fraction of sp³-hybridized carbons (Fsp3) is 0.0714. The van der Waals surface area contributed by atoms with Crippen molar-refractivity contribution in [2.75, 3.05) is 12.0 Å². The van der Waals surface area contributed by atoms with E-state index in [2.05, 4.69) is 0 Å². The van der Waals surface area contributed by atoms with E-state index in [1.165, 1.54) is 12.0 Å². The van der Waals surface area contributed by atoms with Crippen molar-refractivity contribution in [2.24, 2.45) is 0 Å². The minimum atomic E-state index is -0.838. The second-order valence-corrected chi connectivity index (χ2v) is 7.81. The zero-order valence-corrected chi connectivity index (χ0v) is 17.9. The number of ether oxygens (including phenoxy) is 1. The Kier molecular flexibility index (Phi) is 5.15. The Bertz CT molecular complexity index is 1410. The van der Waals surface area contributed by atoms with Gasteiger partial charge in [0, 0.05) is 16.8 Å². The van der Waals surface area contributed by atoms with Crippen molar-refractivity contribution in [3.05, 3.63) is 114 Å². The molecule has 1 fully saturated rings. The Hall–Kier alpha value is -4.38. The van der Waals surface area contributed by atoms with E-state index >= 15 is 0 Å². The number of nitrogens with zero attached hydrogens (tertiary/aromatic N) is 1. The molecule has 162 valence electrons. The van der Waals surface area contributed by atoms with Gasteiger partial charge in [0.2, 0.25) is 0 Å². The molecule has 5 nitrogen and oxygen atoms in total. The van der Waals surface area contributed by atoms with E-state index in [9.17, 15) is 14.7 Å². The predicted octanol–water partition coefficient (Wildman–Crippen LogP) is 5.47. The highest BCUT2D eigenvalue weighted by atomic mass is 16.5. The van der Waals surface area contributed by atoms with Gasteiger partial charge in [0.15, 0.2) is 0 Å². The van der Waals surface area contributed by atoms with Gasteiger partial charge in [-0.1, -0.05) is 72.8 Å². The molecule has 0 spiro atoms. The van der Waals surface area contributed by atoms with Crippen LogP contribution in [0.5, 0.6) is 5.75 Å². The molecule has 1 saturated heterocycles. The lowest BCUT2D eigenvalue weighted by Crippen LogP contribution is -2.29. The van der Waals surface area contributed by atoms with Gasteiger partial charge in [-0.3, -0.25) is 14.5 Å². The second kappa shape index (κ2) is 8.28. The molecule has 1 heterocycles. The summed E-state index contributed by atoms with van der Waals surface area (Å²) in [4.78, 5) is 28.0. The summed E-state index contributed by atoms with van der Waals surface area (Å²) in [7, 11) is 1.54. The van der Waals surface area contributed by atoms with Gasteiger partial charge in [-0.05, 0) is 35.0 Å². The topological polar surface area (TPSA) is 66.8 Å². The number of benzene rings is 4. The molecule has 4 aromatic carbocycles. The summed E-state index contributed by atoms with van der Waals surface area (Å²) >= 11 is 0. The number of carbonyl (C=O) groups excluding carboxylic acids is 2. The van der Waals surface area contributed by atoms with Crippen molar-refractivity contribution >= 4 is 33.9 Å². The van der Waals surface area contributed by atoms with Gasteiger partial charge in [0.05, 0.1) is 18.7 Å². The van der Waals surface area contributed by atoms with Gasteiger partial charge in [-0.25, -0.2) is 0 Å². The van der Waals surface area contributed by atoms with Crippen LogP contribution in [0.1, 0.15) is 17.2 Å². The molecule has 5 rings (SSSR count). The summed E-state index contributed by atoms with van der Waals surface area (Å²) in [5, 5.41) is 13.3. The summed E-state index contributed by atoms with van der Waals surface area (Å²) in [6.07, 6.45) is 0. The second-order valence-electron chi connectivity index (χ2n) is 7.81. The Balaban J connectivity index is 1.76. The van der Waals surface area contributed by atoms with Gasteiger partial charge in [0.1, 0.15) is 11.5 Å². The number of hydrogen-bond acceptors (Lipinski definition) is 4. The number of Topliss-reactive ketones (excluding diaryl/α,β-unsaturated/α-hetero) is 1. The Morgan fingerprint density at radius 2 is 1.48 bits per heavy atom. The van der Waals surface area contributed by atoms with Crippen LogP contribution >= 0.6 is 0 Å². The predicted molar refractivity (Wildman–Crippen MR) is 128 cm³/mol. The summed E-state index contributed by atoms with van der Waals surface area (Å²) < 4.78 is 5.55. The van der Waals surface area contributed by atoms with Crippen LogP contribution in [0, 0.1) is 0 Å². The third kappa shape index (κ3) is 3.44. The maximum atomic E-state index is 13.3. The number of para-hydroxylation sites is 2. The van der Waals surface area contributed by atoms with Crippen molar-refractivity contribution in [1.82, 2.24) is 0 Å². The fourth-order valence-corrected chi connectivity index (χ4v) is 4.37. The molecular weight excluding hydrogens is 414 g/mol. The lowest BCUT2D eigenvalue weighted by Gasteiger charge is -2.26. The fourth-order valence-electron chi connectivity index (χ4n) is 4.37. The van der Waals surface area contributed by atoms with Crippen LogP contribution in [-0.2, 0) is 9.59 Å². The normalized spacial score (nSPS) is 17.5. The van der Waals surface area contributed by atoms with E-state index < -0.39 is 17.7 Å². The summed E-state index contributed by atoms with van der Waals surface area (Å²) in [5.74, 6) is -1.12. The van der Waals surface area contributed by atoms with Crippen LogP contribution in [0.3, 0.4) is 0 Å². The van der Waals surface area contributed by atoms with Gasteiger partial charge >= 0.3 is 0 Å². The maximum absolute atomic E-state index is 13.3. The zero-order valence-electron chi connectivity index (χ0n) is 17.9. The van der Waals surface area contributed by atoms with E-state index in [4.69, 9.17) is 4.74 Å². The van der Waals surface area contributed by atoms with Crippen LogP contribution in [-0.4, -0.2) is 23.9 Å². The third-order valence-electron chi connectivity index (χ3n) is 5.94. The highest BCUT2D eigenvalue weighted by Gasteiger charge is 2.47. The molecule has 1 aliphatic rings. The molecule has 1 amide bonds. The first-order chi connectivity index (χ1) is 16.1. The summed E-state index contributed by atoms with van der Waals surface area (Å²) in [6.45, 7) is 0. The largest absolute Gasteiger partial charge is 0.507 e. The first kappa shape index (κ1) is 20.5. The zero-order chi connectivity index (χ0) is 22.9. The standard InChI is InChI=1S/C28H21NO4/c1-33-23-14-8-7-13-22(23)25-24(27(31)28(32)29(25)21-11-3-2-4-12-21)26(30)20-16-15-18-9-5-6-10-19(18)17-20/h2-17,25,30H,1H3/b26-24+. The van der Waals surface area contributed by atoms with Gasteiger partial charge in [-0.15, -0.1) is 0 Å². The first-order valence-electron chi connectivity index (χ1n) is 10.6. The molecule has 0 aromatic heterocycles. The van der Waals surface area contributed by atoms with Crippen LogP contribution < -0.4 is 9.64 Å². The number of hydrogen-bond donors (Lipinski definition) is 1. The quantitative estimate of drug-likeness (QED) is 0.262. The average Bonchev–Trinajstić information content (AvgIpc) is 3.13. The number of aliphatic hydroxyl groups excluding tert-OH is 1. The van der Waals surface area contributed by atoms with Gasteiger partial charge in [-0.2, -0.15) is 0 Å². The Morgan fingerprint density at radius 3 is 2.24 bits per heavy atom. The number of amides is 1. The van der Waals surface area contributed by atoms with Crippen LogP contribution in [0.4, 0.5) is 5.69 Å². The van der Waals surface area contributed by atoms with Crippen molar-refractivity contribution in [3.8, 4) is 5.75 Å². The van der Waals surface area contributed by atoms with Crippen molar-refractivity contribution < 1.29 is 19.4 Å². The smallest absolute Gasteiger partial charge is 0.300 e. The molecule has 0 aliphatic carbocycles. The van der Waals surface area contributed by atoms with Gasteiger partial charge in [0.25, 0.3) is 11.7 Å². The number of ketones is 1. The minimum absolute atomic E-state index is 0.0311. The van der Waals surface area contributed by atoms with Gasteiger partial charge < -0.3 is 9.84 Å². The lowest BCUT2D eigenvalue weighted by molar-refractivity contribution is -0.132. The molecule has 1 atom stereocenters. The minimum Gasteiger partial charge on any atom is -0.507 e. The Labute approximate surface area is 191 Å². The van der Waals surface area contributed by atoms with Crippen molar-refractivity contribution in [2.45, 2.75) is 6.04 Å². The summed E-state index contributed by atoms with van der Waals surface area (Å²) in [5.41, 5.74) is 1.68. The number of carbonyl (C=O) groups is 2. The molecule has 0 radical (unpaired) electrons. The number of fused-ring (bicyclic) bond motifs is 1. The summed E-state index contributed by atoms with van der Waals surface area (Å²) in [6, 6.07) is 28.6. The molecule has 1 aliphatic heterocycles. The van der Waals surface area contributed by atoms with E-state index in [-0.39, 0.29) is 11.3 Å². The number of anilines is 1. The first-order valence-corrected chi connectivity index (χ1v) is 10.6. The molecule has 33 heavy (non-hydrogen) atoms. The van der Waals surface area contributed by atoms with Crippen LogP contribution in [0.15, 0.2) is 103 Å². The maximum Gasteiger partial charge on any atom is 0.300 e. The molecule has 1 N–H and O–H groups in total. The molecular formula is C28H21NO4. The third-order valence-corrected chi connectivity index (χ3v) is 5.94. The van der Waals surface area contributed by atoms with Crippen LogP contribution in [0.25, 0.3) is 16.5 Å².